The molecule has 0 spiro atoms. The summed E-state index contributed by atoms with van der Waals surface area (Å²) in [6.45, 7) is 1.49. The van der Waals surface area contributed by atoms with Crippen LogP contribution >= 0.6 is 0 Å². The number of benzene rings is 1. The first-order valence-electron chi connectivity index (χ1n) is 4.98. The Bertz CT molecular complexity index is 657. The Hall–Kier alpha value is -2.30. The highest BCUT2D eigenvalue weighted by Gasteiger charge is 2.15. The van der Waals surface area contributed by atoms with Crippen LogP contribution in [0.25, 0.3) is 10.9 Å². The van der Waals surface area contributed by atoms with E-state index in [0.717, 1.165) is 0 Å². The molecule has 0 atom stereocenters. The Labute approximate surface area is 96.7 Å². The number of aromatic amines is 1. The number of aromatic carboxylic acids is 1. The summed E-state index contributed by atoms with van der Waals surface area (Å²) in [6.07, 6.45) is 0. The Kier molecular flexibility index (Phi) is 2.59. The van der Waals surface area contributed by atoms with Crippen molar-refractivity contribution < 1.29 is 14.6 Å². The summed E-state index contributed by atoms with van der Waals surface area (Å²) in [5.41, 5.74) is 0.305. The molecule has 2 rings (SSSR count). The van der Waals surface area contributed by atoms with Gasteiger partial charge >= 0.3 is 5.97 Å². The van der Waals surface area contributed by atoms with Crippen molar-refractivity contribution in [2.75, 3.05) is 7.11 Å². The molecule has 0 unspecified atom stereocenters. The molecule has 0 aliphatic carbocycles. The smallest absolute Gasteiger partial charge is 0.336 e. The molecule has 0 aliphatic rings. The van der Waals surface area contributed by atoms with E-state index in [4.69, 9.17) is 9.84 Å². The fraction of sp³-hybridized carbons (Fsp3) is 0.167. The van der Waals surface area contributed by atoms with Crippen molar-refractivity contribution in [1.82, 2.24) is 4.98 Å². The van der Waals surface area contributed by atoms with Crippen LogP contribution in [0, 0.1) is 6.92 Å². The lowest BCUT2D eigenvalue weighted by atomic mass is 10.0. The molecule has 0 aliphatic heterocycles. The molecule has 0 fully saturated rings. The Morgan fingerprint density at radius 1 is 1.41 bits per heavy atom. The summed E-state index contributed by atoms with van der Waals surface area (Å²) in [4.78, 5) is 25.4. The Morgan fingerprint density at radius 2 is 2.12 bits per heavy atom. The summed E-state index contributed by atoms with van der Waals surface area (Å²) in [5.74, 6) is -0.571. The number of methoxy groups -OCH3 is 1. The van der Waals surface area contributed by atoms with Crippen LogP contribution in [0.15, 0.2) is 23.0 Å². The number of carboxylic acids is 1. The summed E-state index contributed by atoms with van der Waals surface area (Å²) < 4.78 is 5.04. The van der Waals surface area contributed by atoms with Crippen molar-refractivity contribution in [2.45, 2.75) is 6.92 Å². The first-order chi connectivity index (χ1) is 8.04. The van der Waals surface area contributed by atoms with E-state index in [2.05, 4.69) is 4.98 Å². The van der Waals surface area contributed by atoms with E-state index < -0.39 is 5.97 Å². The number of carboxylic acid groups (broad SMARTS) is 1. The normalized spacial score (nSPS) is 10.5. The lowest BCUT2D eigenvalue weighted by Gasteiger charge is -2.07. The first-order valence-corrected chi connectivity index (χ1v) is 4.98. The molecular formula is C12H11NO4. The number of fused-ring (bicyclic) bond motifs is 1. The number of ether oxygens (including phenoxy) is 1. The minimum Gasteiger partial charge on any atom is -0.497 e. The Morgan fingerprint density at radius 3 is 2.71 bits per heavy atom. The number of H-pyrrole nitrogens is 1. The molecule has 0 radical (unpaired) electrons. The zero-order valence-electron chi connectivity index (χ0n) is 9.40. The molecule has 0 amide bonds. The molecule has 0 bridgehead atoms. The topological polar surface area (TPSA) is 79.4 Å². The first kappa shape index (κ1) is 11.2. The van der Waals surface area contributed by atoms with Gasteiger partial charge in [-0.15, -0.1) is 0 Å². The second kappa shape index (κ2) is 3.93. The lowest BCUT2D eigenvalue weighted by molar-refractivity contribution is 0.0698. The van der Waals surface area contributed by atoms with Gasteiger partial charge in [0, 0.05) is 16.5 Å². The van der Waals surface area contributed by atoms with Gasteiger partial charge in [-0.1, -0.05) is 0 Å². The fourth-order valence-corrected chi connectivity index (χ4v) is 1.77. The van der Waals surface area contributed by atoms with Crippen LogP contribution in [0.2, 0.25) is 0 Å². The molecule has 2 N–H and O–H groups in total. The number of pyridine rings is 1. The van der Waals surface area contributed by atoms with Crippen LogP contribution < -0.4 is 10.3 Å². The van der Waals surface area contributed by atoms with Crippen molar-refractivity contribution >= 4 is 16.9 Å². The maximum atomic E-state index is 11.6. The summed E-state index contributed by atoms with van der Waals surface area (Å²) in [5, 5.41) is 9.62. The number of aromatic nitrogens is 1. The summed E-state index contributed by atoms with van der Waals surface area (Å²) >= 11 is 0. The van der Waals surface area contributed by atoms with Crippen molar-refractivity contribution in [1.29, 1.82) is 0 Å². The molecule has 0 saturated carbocycles. The number of rotatable bonds is 2. The predicted octanol–water partition coefficient (Wildman–Crippen LogP) is 1.54. The van der Waals surface area contributed by atoms with Gasteiger partial charge in [0.05, 0.1) is 12.7 Å². The highest BCUT2D eigenvalue weighted by molar-refractivity contribution is 6.04. The van der Waals surface area contributed by atoms with Gasteiger partial charge in [-0.2, -0.15) is 0 Å². The third-order valence-corrected chi connectivity index (χ3v) is 2.67. The van der Waals surface area contributed by atoms with Gasteiger partial charge < -0.3 is 14.8 Å². The molecule has 0 saturated heterocycles. The van der Waals surface area contributed by atoms with Gasteiger partial charge in [0.15, 0.2) is 0 Å². The summed E-state index contributed by atoms with van der Waals surface area (Å²) in [7, 11) is 1.50. The SMILES string of the molecule is COc1ccc2[nH]c(=O)c(C)c(C(=O)O)c2c1. The van der Waals surface area contributed by atoms with E-state index in [9.17, 15) is 9.59 Å². The van der Waals surface area contributed by atoms with E-state index in [1.165, 1.54) is 14.0 Å². The van der Waals surface area contributed by atoms with E-state index in [-0.39, 0.29) is 16.7 Å². The zero-order valence-corrected chi connectivity index (χ0v) is 9.40. The second-order valence-electron chi connectivity index (χ2n) is 3.67. The van der Waals surface area contributed by atoms with Gasteiger partial charge in [-0.05, 0) is 25.1 Å². The third-order valence-electron chi connectivity index (χ3n) is 2.67. The average molecular weight is 233 g/mol. The molecule has 88 valence electrons. The molecular weight excluding hydrogens is 222 g/mol. The van der Waals surface area contributed by atoms with Gasteiger partial charge in [0.2, 0.25) is 0 Å². The number of carbonyl (C=O) groups is 1. The van der Waals surface area contributed by atoms with Crippen LogP contribution in [-0.4, -0.2) is 23.2 Å². The van der Waals surface area contributed by atoms with Crippen molar-refractivity contribution in [3.63, 3.8) is 0 Å². The molecule has 1 aromatic carbocycles. The standard InChI is InChI=1S/C12H11NO4/c1-6-10(12(15)16)8-5-7(17-2)3-4-9(8)13-11(6)14/h3-5H,1-2H3,(H,13,14)(H,15,16). The highest BCUT2D eigenvalue weighted by Crippen LogP contribution is 2.23. The molecule has 5 nitrogen and oxygen atoms in total. The van der Waals surface area contributed by atoms with Crippen LogP contribution in [0.4, 0.5) is 0 Å². The predicted molar refractivity (Wildman–Crippen MR) is 62.8 cm³/mol. The summed E-state index contributed by atoms with van der Waals surface area (Å²) in [6, 6.07) is 4.89. The Balaban J connectivity index is 2.94. The maximum absolute atomic E-state index is 11.6. The molecule has 1 heterocycles. The van der Waals surface area contributed by atoms with E-state index >= 15 is 0 Å². The van der Waals surface area contributed by atoms with Crippen molar-refractivity contribution in [3.05, 3.63) is 39.7 Å². The maximum Gasteiger partial charge on any atom is 0.336 e. The molecule has 17 heavy (non-hydrogen) atoms. The minimum absolute atomic E-state index is 0.0163. The van der Waals surface area contributed by atoms with E-state index in [0.29, 0.717) is 16.7 Å². The van der Waals surface area contributed by atoms with E-state index in [1.807, 2.05) is 0 Å². The lowest BCUT2D eigenvalue weighted by Crippen LogP contribution is -2.16. The van der Waals surface area contributed by atoms with Crippen LogP contribution in [-0.2, 0) is 0 Å². The largest absolute Gasteiger partial charge is 0.497 e. The van der Waals surface area contributed by atoms with Crippen LogP contribution in [0.1, 0.15) is 15.9 Å². The number of nitrogens with one attached hydrogen (secondary N) is 1. The van der Waals surface area contributed by atoms with Crippen LogP contribution in [0.5, 0.6) is 5.75 Å². The minimum atomic E-state index is -1.12. The van der Waals surface area contributed by atoms with Gasteiger partial charge in [0.25, 0.3) is 5.56 Å². The fourth-order valence-electron chi connectivity index (χ4n) is 1.77. The molecule has 2 aromatic rings. The zero-order chi connectivity index (χ0) is 12.6. The van der Waals surface area contributed by atoms with Gasteiger partial charge in [-0.25, -0.2) is 4.79 Å². The van der Waals surface area contributed by atoms with Gasteiger partial charge in [0.1, 0.15) is 5.75 Å². The van der Waals surface area contributed by atoms with Crippen molar-refractivity contribution in [3.8, 4) is 5.75 Å². The quantitative estimate of drug-likeness (QED) is 0.824. The monoisotopic (exact) mass is 233 g/mol. The van der Waals surface area contributed by atoms with Crippen molar-refractivity contribution in [2.24, 2.45) is 0 Å². The van der Waals surface area contributed by atoms with Gasteiger partial charge in [-0.3, -0.25) is 4.79 Å². The molecule has 1 aromatic heterocycles. The van der Waals surface area contributed by atoms with E-state index in [1.54, 1.807) is 18.2 Å². The highest BCUT2D eigenvalue weighted by atomic mass is 16.5. The average Bonchev–Trinajstić information content (AvgIpc) is 2.29. The number of hydrogen-bond donors (Lipinski definition) is 2. The van der Waals surface area contributed by atoms with Crippen LogP contribution in [0.3, 0.4) is 0 Å². The third kappa shape index (κ3) is 1.75. The second-order valence-corrected chi connectivity index (χ2v) is 3.67. The number of hydrogen-bond acceptors (Lipinski definition) is 3. The molecule has 5 heteroatoms.